The van der Waals surface area contributed by atoms with Crippen molar-refractivity contribution in [2.75, 3.05) is 12.3 Å². The lowest BCUT2D eigenvalue weighted by atomic mass is 10.3. The highest BCUT2D eigenvalue weighted by molar-refractivity contribution is 5.46. The molecule has 16 heavy (non-hydrogen) atoms. The summed E-state index contributed by atoms with van der Waals surface area (Å²) in [4.78, 5) is 0. The molecule has 1 aromatic heterocycles. The van der Waals surface area contributed by atoms with Crippen LogP contribution < -0.4 is 10.5 Å². The summed E-state index contributed by atoms with van der Waals surface area (Å²) in [7, 11) is 0. The molecule has 0 saturated carbocycles. The molecule has 0 unspecified atom stereocenters. The van der Waals surface area contributed by atoms with Crippen molar-refractivity contribution in [1.29, 1.82) is 0 Å². The number of benzene rings is 1. The minimum Gasteiger partial charge on any atom is -0.494 e. The fourth-order valence-electron chi connectivity index (χ4n) is 1.53. The molecule has 84 valence electrons. The van der Waals surface area contributed by atoms with Crippen molar-refractivity contribution in [2.24, 2.45) is 0 Å². The maximum Gasteiger partial charge on any atom is 0.119 e. The van der Waals surface area contributed by atoms with E-state index in [0.717, 1.165) is 17.1 Å². The van der Waals surface area contributed by atoms with Crippen LogP contribution in [0.15, 0.2) is 30.5 Å². The zero-order chi connectivity index (χ0) is 11.5. The SMILES string of the molecule is CCOc1ccc(-n2ncc(N)c2C)cc1. The summed E-state index contributed by atoms with van der Waals surface area (Å²) in [6.07, 6.45) is 1.66. The molecule has 0 saturated heterocycles. The van der Waals surface area contributed by atoms with Crippen molar-refractivity contribution in [3.05, 3.63) is 36.2 Å². The molecule has 0 spiro atoms. The Morgan fingerprint density at radius 3 is 2.50 bits per heavy atom. The van der Waals surface area contributed by atoms with E-state index in [2.05, 4.69) is 5.10 Å². The van der Waals surface area contributed by atoms with E-state index in [0.29, 0.717) is 12.3 Å². The van der Waals surface area contributed by atoms with Gasteiger partial charge in [0, 0.05) is 0 Å². The lowest BCUT2D eigenvalue weighted by Crippen LogP contribution is -1.99. The van der Waals surface area contributed by atoms with Crippen LogP contribution in [0.3, 0.4) is 0 Å². The van der Waals surface area contributed by atoms with Gasteiger partial charge < -0.3 is 10.5 Å². The van der Waals surface area contributed by atoms with Gasteiger partial charge in [0.15, 0.2) is 0 Å². The third kappa shape index (κ3) is 1.86. The van der Waals surface area contributed by atoms with Crippen LogP contribution in [0, 0.1) is 6.92 Å². The molecular weight excluding hydrogens is 202 g/mol. The topological polar surface area (TPSA) is 53.1 Å². The quantitative estimate of drug-likeness (QED) is 0.857. The predicted octanol–water partition coefficient (Wildman–Crippen LogP) is 2.16. The number of anilines is 1. The van der Waals surface area contributed by atoms with Crippen LogP contribution in [-0.4, -0.2) is 16.4 Å². The fourth-order valence-corrected chi connectivity index (χ4v) is 1.53. The van der Waals surface area contributed by atoms with Crippen molar-refractivity contribution in [3.8, 4) is 11.4 Å². The second-order valence-electron chi connectivity index (χ2n) is 3.52. The Hall–Kier alpha value is -1.97. The Kier molecular flexibility index (Phi) is 2.81. The molecule has 0 aliphatic carbocycles. The maximum absolute atomic E-state index is 5.75. The van der Waals surface area contributed by atoms with Crippen LogP contribution in [0.4, 0.5) is 5.69 Å². The van der Waals surface area contributed by atoms with Gasteiger partial charge in [-0.25, -0.2) is 4.68 Å². The number of hydrogen-bond acceptors (Lipinski definition) is 3. The van der Waals surface area contributed by atoms with Gasteiger partial charge >= 0.3 is 0 Å². The summed E-state index contributed by atoms with van der Waals surface area (Å²) in [5, 5.41) is 4.21. The molecular formula is C12H15N3O. The molecule has 0 amide bonds. The summed E-state index contributed by atoms with van der Waals surface area (Å²) < 4.78 is 7.19. The molecule has 2 rings (SSSR count). The van der Waals surface area contributed by atoms with Gasteiger partial charge in [-0.3, -0.25) is 0 Å². The second-order valence-corrected chi connectivity index (χ2v) is 3.52. The van der Waals surface area contributed by atoms with E-state index in [9.17, 15) is 0 Å². The highest BCUT2D eigenvalue weighted by Crippen LogP contribution is 2.18. The van der Waals surface area contributed by atoms with Gasteiger partial charge in [0.25, 0.3) is 0 Å². The summed E-state index contributed by atoms with van der Waals surface area (Å²) in [5.41, 5.74) is 8.38. The van der Waals surface area contributed by atoms with Gasteiger partial charge in [-0.15, -0.1) is 0 Å². The van der Waals surface area contributed by atoms with Gasteiger partial charge in [0.05, 0.1) is 29.9 Å². The Labute approximate surface area is 94.6 Å². The number of hydrogen-bond donors (Lipinski definition) is 1. The second kappa shape index (κ2) is 4.26. The van der Waals surface area contributed by atoms with E-state index in [-0.39, 0.29) is 0 Å². The van der Waals surface area contributed by atoms with Crippen molar-refractivity contribution < 1.29 is 4.74 Å². The summed E-state index contributed by atoms with van der Waals surface area (Å²) in [6.45, 7) is 4.58. The number of nitrogen functional groups attached to an aromatic ring is 1. The third-order valence-electron chi connectivity index (χ3n) is 2.44. The fraction of sp³-hybridized carbons (Fsp3) is 0.250. The molecule has 0 atom stereocenters. The minimum atomic E-state index is 0.674. The van der Waals surface area contributed by atoms with Gasteiger partial charge in [-0.05, 0) is 38.1 Å². The smallest absolute Gasteiger partial charge is 0.119 e. The first-order valence-corrected chi connectivity index (χ1v) is 5.25. The normalized spacial score (nSPS) is 10.4. The average molecular weight is 217 g/mol. The number of rotatable bonds is 3. The minimum absolute atomic E-state index is 0.674. The van der Waals surface area contributed by atoms with Gasteiger partial charge in [-0.1, -0.05) is 0 Å². The first-order chi connectivity index (χ1) is 7.72. The molecule has 4 heteroatoms. The molecule has 0 aliphatic heterocycles. The molecule has 1 heterocycles. The summed E-state index contributed by atoms with van der Waals surface area (Å²) >= 11 is 0. The molecule has 2 N–H and O–H groups in total. The van der Waals surface area contributed by atoms with Crippen LogP contribution in [0.2, 0.25) is 0 Å². The lowest BCUT2D eigenvalue weighted by molar-refractivity contribution is 0.340. The average Bonchev–Trinajstić information content (AvgIpc) is 2.62. The number of aromatic nitrogens is 2. The molecule has 2 aromatic rings. The van der Waals surface area contributed by atoms with E-state index in [1.54, 1.807) is 6.20 Å². The molecule has 0 aliphatic rings. The van der Waals surface area contributed by atoms with Crippen molar-refractivity contribution in [3.63, 3.8) is 0 Å². The van der Waals surface area contributed by atoms with Crippen molar-refractivity contribution >= 4 is 5.69 Å². The van der Waals surface area contributed by atoms with Crippen LogP contribution in [-0.2, 0) is 0 Å². The van der Waals surface area contributed by atoms with E-state index in [1.807, 2.05) is 42.8 Å². The van der Waals surface area contributed by atoms with E-state index in [4.69, 9.17) is 10.5 Å². The summed E-state index contributed by atoms with van der Waals surface area (Å²) in [5.74, 6) is 0.865. The Morgan fingerprint density at radius 1 is 1.31 bits per heavy atom. The van der Waals surface area contributed by atoms with Gasteiger partial charge in [-0.2, -0.15) is 5.10 Å². The molecule has 0 fully saturated rings. The zero-order valence-corrected chi connectivity index (χ0v) is 9.47. The lowest BCUT2D eigenvalue weighted by Gasteiger charge is -2.06. The predicted molar refractivity (Wildman–Crippen MR) is 63.9 cm³/mol. The van der Waals surface area contributed by atoms with Crippen molar-refractivity contribution in [1.82, 2.24) is 9.78 Å². The largest absolute Gasteiger partial charge is 0.494 e. The Bertz CT molecular complexity index is 474. The van der Waals surface area contributed by atoms with E-state index in [1.165, 1.54) is 0 Å². The molecule has 4 nitrogen and oxygen atoms in total. The van der Waals surface area contributed by atoms with Gasteiger partial charge in [0.2, 0.25) is 0 Å². The molecule has 1 aromatic carbocycles. The van der Waals surface area contributed by atoms with Crippen LogP contribution in [0.25, 0.3) is 5.69 Å². The molecule has 0 bridgehead atoms. The van der Waals surface area contributed by atoms with Gasteiger partial charge in [0.1, 0.15) is 5.75 Å². The first kappa shape index (κ1) is 10.5. The van der Waals surface area contributed by atoms with Crippen LogP contribution in [0.5, 0.6) is 5.75 Å². The first-order valence-electron chi connectivity index (χ1n) is 5.25. The highest BCUT2D eigenvalue weighted by Gasteiger charge is 2.04. The number of ether oxygens (including phenoxy) is 1. The molecule has 0 radical (unpaired) electrons. The van der Waals surface area contributed by atoms with Crippen LogP contribution >= 0.6 is 0 Å². The highest BCUT2D eigenvalue weighted by atomic mass is 16.5. The van der Waals surface area contributed by atoms with Crippen LogP contribution in [0.1, 0.15) is 12.6 Å². The Balaban J connectivity index is 2.31. The maximum atomic E-state index is 5.75. The van der Waals surface area contributed by atoms with E-state index < -0.39 is 0 Å². The van der Waals surface area contributed by atoms with E-state index >= 15 is 0 Å². The number of nitrogens with two attached hydrogens (primary N) is 1. The summed E-state index contributed by atoms with van der Waals surface area (Å²) in [6, 6.07) is 7.78. The monoisotopic (exact) mass is 217 g/mol. The standard InChI is InChI=1S/C12H15N3O/c1-3-16-11-6-4-10(5-7-11)15-9(2)12(13)8-14-15/h4-8H,3,13H2,1-2H3. The Morgan fingerprint density at radius 2 is 2.00 bits per heavy atom. The van der Waals surface area contributed by atoms with Crippen molar-refractivity contribution in [2.45, 2.75) is 13.8 Å². The third-order valence-corrected chi connectivity index (χ3v) is 2.44. The number of nitrogens with zero attached hydrogens (tertiary/aromatic N) is 2. The zero-order valence-electron chi connectivity index (χ0n) is 9.47.